The molecule has 2 aliphatic rings. The first-order valence-corrected chi connectivity index (χ1v) is 12.0. The minimum Gasteiger partial charge on any atom is -0.343 e. The summed E-state index contributed by atoms with van der Waals surface area (Å²) in [6, 6.07) is 3.32. The molecule has 2 aromatic heterocycles. The Morgan fingerprint density at radius 1 is 1.19 bits per heavy atom. The Morgan fingerprint density at radius 2 is 2.06 bits per heavy atom. The van der Waals surface area contributed by atoms with Gasteiger partial charge in [0.2, 0.25) is 0 Å². The third-order valence-corrected chi connectivity index (χ3v) is 7.98. The van der Waals surface area contributed by atoms with E-state index < -0.39 is 11.6 Å². The highest BCUT2D eigenvalue weighted by Gasteiger charge is 2.29. The minimum atomic E-state index is -0.696. The highest BCUT2D eigenvalue weighted by Crippen LogP contribution is 2.40. The van der Waals surface area contributed by atoms with Gasteiger partial charge in [-0.15, -0.1) is 22.7 Å². The van der Waals surface area contributed by atoms with Crippen LogP contribution in [0.1, 0.15) is 50.1 Å². The maximum Gasteiger partial charge on any atom is 0.195 e. The van der Waals surface area contributed by atoms with Gasteiger partial charge in [-0.05, 0) is 49.8 Å². The zero-order valence-corrected chi connectivity index (χ0v) is 18.7. The molecule has 3 heterocycles. The first kappa shape index (κ1) is 20.5. The summed E-state index contributed by atoms with van der Waals surface area (Å²) < 4.78 is 27.2. The van der Waals surface area contributed by atoms with E-state index in [0.29, 0.717) is 5.01 Å². The summed E-state index contributed by atoms with van der Waals surface area (Å²) in [6.45, 7) is 3.79. The zero-order valence-electron chi connectivity index (χ0n) is 17.1. The molecule has 0 saturated heterocycles. The van der Waals surface area contributed by atoms with Gasteiger partial charge in [0.25, 0.3) is 0 Å². The van der Waals surface area contributed by atoms with E-state index in [2.05, 4.69) is 21.8 Å². The van der Waals surface area contributed by atoms with Gasteiger partial charge in [0.1, 0.15) is 11.6 Å². The number of Topliss-reactive ketones (excluding diaryl/α,β-unsaturated/α-hetero) is 1. The van der Waals surface area contributed by atoms with Crippen LogP contribution in [0.3, 0.4) is 0 Å². The monoisotopic (exact) mass is 457 g/mol. The zero-order chi connectivity index (χ0) is 21.5. The van der Waals surface area contributed by atoms with Crippen LogP contribution in [0.15, 0.2) is 30.0 Å². The molecule has 8 heteroatoms. The molecular weight excluding hydrogens is 436 g/mol. The largest absolute Gasteiger partial charge is 0.343 e. The number of hydrogen-bond donors (Lipinski definition) is 0. The van der Waals surface area contributed by atoms with Crippen LogP contribution in [0.25, 0.3) is 5.57 Å². The molecule has 3 aromatic rings. The lowest BCUT2D eigenvalue weighted by molar-refractivity contribution is 0.0991. The maximum atomic E-state index is 14.0. The molecule has 0 saturated carbocycles. The maximum absolute atomic E-state index is 14.0. The first-order valence-electron chi connectivity index (χ1n) is 10.3. The van der Waals surface area contributed by atoms with Crippen LogP contribution in [0, 0.1) is 18.6 Å². The van der Waals surface area contributed by atoms with E-state index in [-0.39, 0.29) is 17.8 Å². The fraction of sp³-hybridized carbons (Fsp3) is 0.348. The SMILES string of the molecule is Cc1cnc(N2CCC3=C(C2)c2sc(C(=O)Cc4ccc(F)cc4F)nc2CCC3)s1. The molecule has 1 aromatic carbocycles. The molecule has 0 radical (unpaired) electrons. The number of carbonyl (C=O) groups excluding carboxylic acids is 1. The Morgan fingerprint density at radius 3 is 2.84 bits per heavy atom. The molecule has 0 N–H and O–H groups in total. The summed E-state index contributed by atoms with van der Waals surface area (Å²) in [4.78, 5) is 26.6. The highest BCUT2D eigenvalue weighted by molar-refractivity contribution is 7.15. The predicted molar refractivity (Wildman–Crippen MR) is 120 cm³/mol. The number of carbonyl (C=O) groups is 1. The summed E-state index contributed by atoms with van der Waals surface area (Å²) >= 11 is 3.11. The third kappa shape index (κ3) is 4.06. The van der Waals surface area contributed by atoms with Crippen molar-refractivity contribution in [1.82, 2.24) is 9.97 Å². The molecule has 31 heavy (non-hydrogen) atoms. The van der Waals surface area contributed by atoms with Gasteiger partial charge >= 0.3 is 0 Å². The number of nitrogens with zero attached hydrogens (tertiary/aromatic N) is 3. The molecule has 5 rings (SSSR count). The molecule has 4 nitrogen and oxygen atoms in total. The lowest BCUT2D eigenvalue weighted by atomic mass is 9.97. The van der Waals surface area contributed by atoms with Crippen molar-refractivity contribution in [1.29, 1.82) is 0 Å². The van der Waals surface area contributed by atoms with Gasteiger partial charge in [-0.3, -0.25) is 4.79 Å². The van der Waals surface area contributed by atoms with E-state index in [0.717, 1.165) is 60.5 Å². The molecule has 0 atom stereocenters. The Balaban J connectivity index is 1.43. The summed E-state index contributed by atoms with van der Waals surface area (Å²) in [6.07, 6.45) is 5.71. The van der Waals surface area contributed by atoms with Gasteiger partial charge in [-0.2, -0.15) is 0 Å². The second-order valence-electron chi connectivity index (χ2n) is 7.99. The lowest BCUT2D eigenvalue weighted by Gasteiger charge is -2.30. The second-order valence-corrected chi connectivity index (χ2v) is 10.2. The lowest BCUT2D eigenvalue weighted by Crippen LogP contribution is -2.30. The normalized spacial score (nSPS) is 16.2. The smallest absolute Gasteiger partial charge is 0.195 e. The third-order valence-electron chi connectivity index (χ3n) is 5.81. The van der Waals surface area contributed by atoms with Crippen molar-refractivity contribution in [2.75, 3.05) is 18.0 Å². The van der Waals surface area contributed by atoms with Gasteiger partial charge in [0.15, 0.2) is 15.9 Å². The molecule has 0 spiro atoms. The topological polar surface area (TPSA) is 46.1 Å². The quantitative estimate of drug-likeness (QED) is 0.478. The summed E-state index contributed by atoms with van der Waals surface area (Å²) in [5.41, 5.74) is 3.89. The van der Waals surface area contributed by atoms with Crippen LogP contribution in [0.4, 0.5) is 13.9 Å². The first-order chi connectivity index (χ1) is 15.0. The fourth-order valence-electron chi connectivity index (χ4n) is 4.22. The van der Waals surface area contributed by atoms with E-state index in [4.69, 9.17) is 0 Å². The standard InChI is InChI=1S/C23H21F2N3OS2/c1-13-11-26-23(30-13)28-8-7-14-3-2-4-19-21(17(14)12-28)31-22(27-19)20(29)9-15-5-6-16(24)10-18(15)25/h5-6,10-11H,2-4,7-9,12H2,1H3. The molecule has 0 fully saturated rings. The molecule has 1 aliphatic heterocycles. The van der Waals surface area contributed by atoms with Crippen LogP contribution in [-0.2, 0) is 12.8 Å². The Kier molecular flexibility index (Phi) is 5.44. The highest BCUT2D eigenvalue weighted by atomic mass is 32.1. The van der Waals surface area contributed by atoms with Crippen LogP contribution >= 0.6 is 22.7 Å². The molecule has 160 valence electrons. The van der Waals surface area contributed by atoms with E-state index in [1.54, 1.807) is 11.3 Å². The number of aromatic nitrogens is 2. The van der Waals surface area contributed by atoms with E-state index in [9.17, 15) is 13.6 Å². The van der Waals surface area contributed by atoms with E-state index >= 15 is 0 Å². The van der Waals surface area contributed by atoms with Crippen molar-refractivity contribution in [3.8, 4) is 0 Å². The van der Waals surface area contributed by atoms with Crippen LogP contribution in [0.5, 0.6) is 0 Å². The summed E-state index contributed by atoms with van der Waals surface area (Å²) in [5.74, 6) is -1.57. The summed E-state index contributed by atoms with van der Waals surface area (Å²) in [5, 5.41) is 1.44. The van der Waals surface area contributed by atoms with Gasteiger partial charge in [-0.1, -0.05) is 11.6 Å². The molecular formula is C23H21F2N3OS2. The molecule has 1 aliphatic carbocycles. The van der Waals surface area contributed by atoms with Crippen molar-refractivity contribution in [2.24, 2.45) is 0 Å². The van der Waals surface area contributed by atoms with Crippen molar-refractivity contribution in [3.63, 3.8) is 0 Å². The van der Waals surface area contributed by atoms with Crippen molar-refractivity contribution < 1.29 is 13.6 Å². The van der Waals surface area contributed by atoms with Crippen LogP contribution < -0.4 is 4.90 Å². The number of aryl methyl sites for hydroxylation is 2. The molecule has 0 unspecified atom stereocenters. The van der Waals surface area contributed by atoms with E-state index in [1.807, 2.05) is 6.20 Å². The van der Waals surface area contributed by atoms with Crippen molar-refractivity contribution >= 4 is 39.2 Å². The number of ketones is 1. The Labute approximate surface area is 187 Å². The molecule has 0 amide bonds. The van der Waals surface area contributed by atoms with Gasteiger partial charge in [0.05, 0.1) is 10.6 Å². The number of rotatable bonds is 4. The average molecular weight is 458 g/mol. The Hall–Kier alpha value is -2.45. The van der Waals surface area contributed by atoms with E-state index in [1.165, 1.54) is 39.5 Å². The molecule has 0 bridgehead atoms. The number of thiazole rings is 2. The predicted octanol–water partition coefficient (Wildman–Crippen LogP) is 5.61. The Bertz CT molecular complexity index is 1200. The van der Waals surface area contributed by atoms with Crippen LogP contribution in [-0.4, -0.2) is 28.8 Å². The number of benzene rings is 1. The van der Waals surface area contributed by atoms with Gasteiger partial charge in [0, 0.05) is 36.7 Å². The number of anilines is 1. The number of hydrogen-bond acceptors (Lipinski definition) is 6. The van der Waals surface area contributed by atoms with Crippen molar-refractivity contribution in [2.45, 2.75) is 39.0 Å². The van der Waals surface area contributed by atoms with Crippen LogP contribution in [0.2, 0.25) is 0 Å². The van der Waals surface area contributed by atoms with Crippen molar-refractivity contribution in [3.05, 3.63) is 67.6 Å². The van der Waals surface area contributed by atoms with Gasteiger partial charge < -0.3 is 4.90 Å². The minimum absolute atomic E-state index is 0.116. The second kappa shape index (κ2) is 8.24. The fourth-order valence-corrected chi connectivity index (χ4v) is 6.14. The number of fused-ring (bicyclic) bond motifs is 2. The number of halogens is 2. The van der Waals surface area contributed by atoms with Gasteiger partial charge in [-0.25, -0.2) is 18.7 Å². The average Bonchev–Trinajstić information content (AvgIpc) is 3.33. The summed E-state index contributed by atoms with van der Waals surface area (Å²) in [7, 11) is 0.